The monoisotopic (exact) mass is 381 g/mol. The van der Waals surface area contributed by atoms with Gasteiger partial charge in [0.05, 0.1) is 17.1 Å². The van der Waals surface area contributed by atoms with Crippen LogP contribution in [0.3, 0.4) is 0 Å². The van der Waals surface area contributed by atoms with E-state index in [1.807, 2.05) is 30.3 Å². The molecule has 3 aromatic carbocycles. The van der Waals surface area contributed by atoms with Gasteiger partial charge in [0.25, 0.3) is 0 Å². The van der Waals surface area contributed by atoms with Crippen molar-refractivity contribution in [2.75, 3.05) is 0 Å². The molecule has 6 nitrogen and oxygen atoms in total. The van der Waals surface area contributed by atoms with Crippen molar-refractivity contribution in [3.05, 3.63) is 89.0 Å². The van der Waals surface area contributed by atoms with Crippen LogP contribution in [0.25, 0.3) is 0 Å². The maximum atomic E-state index is 10.8. The second-order valence-electron chi connectivity index (χ2n) is 6.23. The quantitative estimate of drug-likeness (QED) is 0.436. The van der Waals surface area contributed by atoms with Crippen LogP contribution in [-0.2, 0) is 27.2 Å². The molecule has 0 saturated heterocycles. The summed E-state index contributed by atoms with van der Waals surface area (Å²) in [7, 11) is 0. The van der Waals surface area contributed by atoms with Crippen LogP contribution in [0.1, 0.15) is 22.3 Å². The van der Waals surface area contributed by atoms with Crippen molar-refractivity contribution < 1.29 is 14.4 Å². The van der Waals surface area contributed by atoms with E-state index in [-0.39, 0.29) is 0 Å². The Kier molecular flexibility index (Phi) is 6.51. The van der Waals surface area contributed by atoms with Crippen molar-refractivity contribution >= 4 is 35.3 Å². The molecule has 6 heteroatoms. The van der Waals surface area contributed by atoms with Gasteiger partial charge in [-0.05, 0) is 59.4 Å². The summed E-state index contributed by atoms with van der Waals surface area (Å²) in [5.41, 5.74) is 5.03. The molecule has 0 aromatic heterocycles. The molecule has 0 aliphatic rings. The average molecular weight is 381 g/mol. The van der Waals surface area contributed by atoms with Gasteiger partial charge in [-0.3, -0.25) is 0 Å². The predicted molar refractivity (Wildman–Crippen MR) is 108 cm³/mol. The van der Waals surface area contributed by atoms with E-state index < -0.39 is 0 Å². The van der Waals surface area contributed by atoms with Crippen LogP contribution >= 0.6 is 0 Å². The van der Waals surface area contributed by atoms with Gasteiger partial charge in [-0.1, -0.05) is 42.5 Å². The lowest BCUT2D eigenvalue weighted by atomic mass is 9.97. The van der Waals surface area contributed by atoms with Crippen molar-refractivity contribution in [1.29, 1.82) is 0 Å². The van der Waals surface area contributed by atoms with E-state index in [2.05, 4.69) is 15.0 Å². The van der Waals surface area contributed by atoms with Gasteiger partial charge in [0, 0.05) is 0 Å². The Morgan fingerprint density at radius 3 is 1.48 bits per heavy atom. The second-order valence-corrected chi connectivity index (χ2v) is 6.23. The molecule has 0 atom stereocenters. The first-order valence-electron chi connectivity index (χ1n) is 8.75. The predicted octanol–water partition coefficient (Wildman–Crippen LogP) is 4.77. The van der Waals surface area contributed by atoms with Crippen LogP contribution in [0, 0.1) is 0 Å². The SMILES string of the molecule is O=C=Nc1cc(Cc2ccccc2N=C=O)cc(Cc2ccccc2N=C=O)c1. The number of aliphatic imine (C=N–C) groups is 3. The number of nitrogens with zero attached hydrogens (tertiary/aromatic N) is 3. The van der Waals surface area contributed by atoms with Gasteiger partial charge in [-0.25, -0.2) is 14.4 Å². The van der Waals surface area contributed by atoms with E-state index in [9.17, 15) is 14.4 Å². The molecular weight excluding hydrogens is 366 g/mol. The summed E-state index contributed by atoms with van der Waals surface area (Å²) >= 11 is 0. The Morgan fingerprint density at radius 1 is 0.586 bits per heavy atom. The summed E-state index contributed by atoms with van der Waals surface area (Å²) in [5, 5.41) is 0. The van der Waals surface area contributed by atoms with Crippen LogP contribution in [-0.4, -0.2) is 18.2 Å². The zero-order valence-corrected chi connectivity index (χ0v) is 15.3. The summed E-state index contributed by atoms with van der Waals surface area (Å²) in [4.78, 5) is 43.4. The van der Waals surface area contributed by atoms with E-state index >= 15 is 0 Å². The van der Waals surface area contributed by atoms with Crippen molar-refractivity contribution in [2.45, 2.75) is 12.8 Å². The van der Waals surface area contributed by atoms with Crippen LogP contribution in [0.2, 0.25) is 0 Å². The Hall–Kier alpha value is -4.20. The fourth-order valence-corrected chi connectivity index (χ4v) is 3.14. The van der Waals surface area contributed by atoms with E-state index in [1.165, 1.54) is 0 Å². The molecule has 0 bridgehead atoms. The lowest BCUT2D eigenvalue weighted by molar-refractivity contribution is 0.564. The molecule has 140 valence electrons. The zero-order chi connectivity index (χ0) is 20.5. The average Bonchev–Trinajstić information content (AvgIpc) is 2.71. The van der Waals surface area contributed by atoms with Crippen molar-refractivity contribution in [3.8, 4) is 0 Å². The van der Waals surface area contributed by atoms with Crippen molar-refractivity contribution in [3.63, 3.8) is 0 Å². The lowest BCUT2D eigenvalue weighted by Gasteiger charge is -2.10. The van der Waals surface area contributed by atoms with Crippen LogP contribution in [0.4, 0.5) is 17.1 Å². The number of isocyanates is 3. The Labute approximate surface area is 167 Å². The number of carbonyl (C=O) groups excluding carboxylic acids is 3. The van der Waals surface area contributed by atoms with Crippen LogP contribution in [0.5, 0.6) is 0 Å². The van der Waals surface area contributed by atoms with Crippen LogP contribution in [0.15, 0.2) is 81.7 Å². The van der Waals surface area contributed by atoms with Crippen molar-refractivity contribution in [1.82, 2.24) is 0 Å². The first kappa shape index (κ1) is 19.6. The molecule has 3 rings (SSSR count). The smallest absolute Gasteiger partial charge is 0.211 e. The highest BCUT2D eigenvalue weighted by molar-refractivity contribution is 5.58. The minimum absolute atomic E-state index is 0.472. The number of benzene rings is 3. The topological polar surface area (TPSA) is 88.3 Å². The zero-order valence-electron chi connectivity index (χ0n) is 15.3. The summed E-state index contributed by atoms with van der Waals surface area (Å²) in [6.45, 7) is 0. The van der Waals surface area contributed by atoms with Gasteiger partial charge in [0.15, 0.2) is 0 Å². The molecule has 0 aliphatic heterocycles. The maximum Gasteiger partial charge on any atom is 0.240 e. The summed E-state index contributed by atoms with van der Waals surface area (Å²) < 4.78 is 0. The standard InChI is InChI=1S/C23H15N3O3/c27-14-24-21-12-17(10-19-5-1-3-7-22(19)25-15-28)9-18(13-21)11-20-6-2-4-8-23(20)26-16-29/h1-9,12-13H,10-11H2. The van der Waals surface area contributed by atoms with Crippen molar-refractivity contribution in [2.24, 2.45) is 15.0 Å². The van der Waals surface area contributed by atoms with E-state index in [4.69, 9.17) is 0 Å². The maximum absolute atomic E-state index is 10.8. The highest BCUT2D eigenvalue weighted by atomic mass is 16.1. The van der Waals surface area contributed by atoms with Gasteiger partial charge >= 0.3 is 0 Å². The number of hydrogen-bond acceptors (Lipinski definition) is 6. The minimum atomic E-state index is 0.472. The molecule has 0 fully saturated rings. The molecule has 0 spiro atoms. The van der Waals surface area contributed by atoms with Gasteiger partial charge in [-0.2, -0.15) is 15.0 Å². The fourth-order valence-electron chi connectivity index (χ4n) is 3.14. The Balaban J connectivity index is 2.00. The lowest BCUT2D eigenvalue weighted by Crippen LogP contribution is -1.94. The number of rotatable bonds is 7. The third-order valence-corrected chi connectivity index (χ3v) is 4.32. The van der Waals surface area contributed by atoms with E-state index in [0.29, 0.717) is 29.9 Å². The molecule has 0 radical (unpaired) electrons. The second kappa shape index (κ2) is 9.65. The largest absolute Gasteiger partial charge is 0.240 e. The first-order valence-corrected chi connectivity index (χ1v) is 8.75. The molecule has 0 saturated carbocycles. The van der Waals surface area contributed by atoms with E-state index in [1.54, 1.807) is 54.6 Å². The Bertz CT molecular complexity index is 1100. The minimum Gasteiger partial charge on any atom is -0.211 e. The van der Waals surface area contributed by atoms with Gasteiger partial charge < -0.3 is 0 Å². The molecule has 0 aliphatic carbocycles. The molecular formula is C23H15N3O3. The molecule has 0 amide bonds. The number of para-hydroxylation sites is 2. The fraction of sp³-hybridized carbons (Fsp3) is 0.0870. The Morgan fingerprint density at radius 2 is 1.03 bits per heavy atom. The van der Waals surface area contributed by atoms with E-state index in [0.717, 1.165) is 22.3 Å². The van der Waals surface area contributed by atoms with Gasteiger partial charge in [0.2, 0.25) is 18.2 Å². The van der Waals surface area contributed by atoms with Crippen LogP contribution < -0.4 is 0 Å². The highest BCUT2D eigenvalue weighted by Gasteiger charge is 2.08. The normalized spacial score (nSPS) is 9.66. The summed E-state index contributed by atoms with van der Waals surface area (Å²) in [5.74, 6) is 0. The molecule has 3 aromatic rings. The highest BCUT2D eigenvalue weighted by Crippen LogP contribution is 2.27. The summed E-state index contributed by atoms with van der Waals surface area (Å²) in [6.07, 6.45) is 5.68. The third-order valence-electron chi connectivity index (χ3n) is 4.32. The first-order chi connectivity index (χ1) is 14.2. The summed E-state index contributed by atoms with van der Waals surface area (Å²) in [6, 6.07) is 20.1. The molecule has 0 unspecified atom stereocenters. The number of hydrogen-bond donors (Lipinski definition) is 0. The van der Waals surface area contributed by atoms with Gasteiger partial charge in [-0.15, -0.1) is 0 Å². The molecule has 0 N–H and O–H groups in total. The third kappa shape index (κ3) is 5.16. The molecule has 29 heavy (non-hydrogen) atoms. The van der Waals surface area contributed by atoms with Gasteiger partial charge in [0.1, 0.15) is 0 Å². The molecule has 0 heterocycles.